The zero-order valence-electron chi connectivity index (χ0n) is 12.1. The van der Waals surface area contributed by atoms with Crippen molar-refractivity contribution >= 4 is 28.3 Å². The molecule has 0 aromatic carbocycles. The summed E-state index contributed by atoms with van der Waals surface area (Å²) in [4.78, 5) is 23.6. The Morgan fingerprint density at radius 1 is 1.38 bits per heavy atom. The number of nitriles is 1. The average Bonchev–Trinajstić information content (AvgIpc) is 2.81. The Labute approximate surface area is 127 Å². The molecule has 0 saturated carbocycles. The third-order valence-electron chi connectivity index (χ3n) is 2.35. The molecular weight excluding hydrogens is 292 g/mol. The van der Waals surface area contributed by atoms with E-state index in [1.165, 1.54) is 17.5 Å². The summed E-state index contributed by atoms with van der Waals surface area (Å²) >= 11 is 1.19. The van der Waals surface area contributed by atoms with Gasteiger partial charge in [0, 0.05) is 6.20 Å². The highest BCUT2D eigenvalue weighted by molar-refractivity contribution is 7.18. The predicted molar refractivity (Wildman–Crippen MR) is 79.0 cm³/mol. The van der Waals surface area contributed by atoms with Crippen LogP contribution < -0.4 is 5.32 Å². The summed E-state index contributed by atoms with van der Waals surface area (Å²) in [5, 5.41) is 12.3. The number of ether oxygens (including phenoxy) is 2. The smallest absolute Gasteiger partial charge is 0.350 e. The van der Waals surface area contributed by atoms with Crippen LogP contribution in [0.25, 0.3) is 0 Å². The van der Waals surface area contributed by atoms with Gasteiger partial charge in [-0.05, 0) is 32.4 Å². The number of nitrogens with zero attached hydrogens (tertiary/aromatic N) is 1. The van der Waals surface area contributed by atoms with Crippen LogP contribution in [0.3, 0.4) is 0 Å². The topological polar surface area (TPSA) is 88.4 Å². The normalized spacial score (nSPS) is 10.7. The number of anilines is 1. The van der Waals surface area contributed by atoms with E-state index in [-0.39, 0.29) is 18.1 Å². The third kappa shape index (κ3) is 4.61. The fraction of sp³-hybridized carbons (Fsp3) is 0.357. The van der Waals surface area contributed by atoms with Crippen LogP contribution in [0.15, 0.2) is 17.8 Å². The molecule has 0 fully saturated rings. The zero-order valence-corrected chi connectivity index (χ0v) is 12.9. The van der Waals surface area contributed by atoms with Crippen LogP contribution in [0.4, 0.5) is 5.00 Å². The summed E-state index contributed by atoms with van der Waals surface area (Å²) in [5.74, 6) is -1.07. The molecule has 1 aromatic heterocycles. The molecule has 0 spiro atoms. The van der Waals surface area contributed by atoms with Gasteiger partial charge in [-0.25, -0.2) is 9.59 Å². The largest absolute Gasteiger partial charge is 0.462 e. The van der Waals surface area contributed by atoms with Gasteiger partial charge in [-0.3, -0.25) is 0 Å². The van der Waals surface area contributed by atoms with E-state index in [4.69, 9.17) is 14.7 Å². The maximum atomic E-state index is 11.7. The number of aryl methyl sites for hydroxylation is 1. The summed E-state index contributed by atoms with van der Waals surface area (Å²) in [6.45, 7) is 5.69. The van der Waals surface area contributed by atoms with E-state index in [1.807, 2.05) is 0 Å². The molecule has 6 nitrogen and oxygen atoms in total. The van der Waals surface area contributed by atoms with Crippen molar-refractivity contribution in [3.05, 3.63) is 28.3 Å². The van der Waals surface area contributed by atoms with E-state index in [0.29, 0.717) is 16.5 Å². The van der Waals surface area contributed by atoms with Gasteiger partial charge < -0.3 is 14.8 Å². The van der Waals surface area contributed by atoms with Crippen molar-refractivity contribution in [3.8, 4) is 6.07 Å². The van der Waals surface area contributed by atoms with Crippen molar-refractivity contribution in [1.82, 2.24) is 0 Å². The molecule has 0 atom stereocenters. The molecule has 1 aromatic rings. The maximum absolute atomic E-state index is 11.7. The number of thiophene rings is 1. The lowest BCUT2D eigenvalue weighted by Crippen LogP contribution is -2.07. The summed E-state index contributed by atoms with van der Waals surface area (Å²) in [5.41, 5.74) is 0.629. The van der Waals surface area contributed by atoms with Crippen LogP contribution in [-0.2, 0) is 14.3 Å². The van der Waals surface area contributed by atoms with Crippen LogP contribution >= 0.6 is 11.3 Å². The third-order valence-corrected chi connectivity index (χ3v) is 3.50. The standard InChI is InChI=1S/C14H16N2O4S/c1-4-19-13(17)10(7-15)8-16-11-6-9(3)12(21-11)14(18)20-5-2/h6,8,16H,4-5H2,1-3H3/b10-8+. The van der Waals surface area contributed by atoms with Crippen molar-refractivity contribution < 1.29 is 19.1 Å². The van der Waals surface area contributed by atoms with Gasteiger partial charge in [0.25, 0.3) is 0 Å². The molecule has 7 heteroatoms. The Bertz CT molecular complexity index is 599. The first kappa shape index (κ1) is 16.7. The molecule has 1 heterocycles. The van der Waals surface area contributed by atoms with E-state index >= 15 is 0 Å². The van der Waals surface area contributed by atoms with E-state index in [1.54, 1.807) is 32.9 Å². The molecular formula is C14H16N2O4S. The zero-order chi connectivity index (χ0) is 15.8. The van der Waals surface area contributed by atoms with Gasteiger partial charge in [0.2, 0.25) is 0 Å². The van der Waals surface area contributed by atoms with Crippen molar-refractivity contribution in [1.29, 1.82) is 5.26 Å². The van der Waals surface area contributed by atoms with Crippen molar-refractivity contribution in [3.63, 3.8) is 0 Å². The Hall–Kier alpha value is -2.33. The highest BCUT2D eigenvalue weighted by atomic mass is 32.1. The second-order valence-corrected chi connectivity index (χ2v) is 4.93. The van der Waals surface area contributed by atoms with Crippen molar-refractivity contribution in [2.75, 3.05) is 18.5 Å². The van der Waals surface area contributed by atoms with Crippen molar-refractivity contribution in [2.45, 2.75) is 20.8 Å². The van der Waals surface area contributed by atoms with Gasteiger partial charge in [-0.1, -0.05) is 0 Å². The Morgan fingerprint density at radius 3 is 2.62 bits per heavy atom. The lowest BCUT2D eigenvalue weighted by molar-refractivity contribution is -0.138. The van der Waals surface area contributed by atoms with Gasteiger partial charge in [-0.15, -0.1) is 11.3 Å². The lowest BCUT2D eigenvalue weighted by atomic mass is 10.3. The van der Waals surface area contributed by atoms with Gasteiger partial charge in [-0.2, -0.15) is 5.26 Å². The van der Waals surface area contributed by atoms with Gasteiger partial charge in [0.05, 0.1) is 18.2 Å². The molecule has 112 valence electrons. The number of carbonyl (C=O) groups excluding carboxylic acids is 2. The summed E-state index contributed by atoms with van der Waals surface area (Å²) in [7, 11) is 0. The minimum atomic E-state index is -0.689. The highest BCUT2D eigenvalue weighted by Gasteiger charge is 2.15. The first-order valence-electron chi connectivity index (χ1n) is 6.34. The summed E-state index contributed by atoms with van der Waals surface area (Å²) in [6.07, 6.45) is 1.26. The number of esters is 2. The summed E-state index contributed by atoms with van der Waals surface area (Å²) in [6, 6.07) is 3.50. The number of hydrogen-bond acceptors (Lipinski definition) is 7. The minimum Gasteiger partial charge on any atom is -0.462 e. The van der Waals surface area contributed by atoms with E-state index < -0.39 is 5.97 Å². The van der Waals surface area contributed by atoms with Crippen LogP contribution in [-0.4, -0.2) is 25.2 Å². The second-order valence-electron chi connectivity index (χ2n) is 3.88. The number of rotatable bonds is 6. The molecule has 0 saturated heterocycles. The Morgan fingerprint density at radius 2 is 2.05 bits per heavy atom. The first-order chi connectivity index (χ1) is 10.0. The predicted octanol–water partition coefficient (Wildman–Crippen LogP) is 2.62. The Balaban J connectivity index is 2.85. The van der Waals surface area contributed by atoms with Crippen LogP contribution in [0.1, 0.15) is 29.1 Å². The number of hydrogen-bond donors (Lipinski definition) is 1. The molecule has 0 unspecified atom stereocenters. The fourth-order valence-electron chi connectivity index (χ4n) is 1.44. The number of nitrogens with one attached hydrogen (secondary N) is 1. The molecule has 0 bridgehead atoms. The Kier molecular flexibility index (Phi) is 6.43. The van der Waals surface area contributed by atoms with Gasteiger partial charge in [0.1, 0.15) is 10.9 Å². The van der Waals surface area contributed by atoms with E-state index in [9.17, 15) is 9.59 Å². The SMILES string of the molecule is CCOC(=O)/C(C#N)=C/Nc1cc(C)c(C(=O)OCC)s1. The van der Waals surface area contributed by atoms with Crippen LogP contribution in [0.5, 0.6) is 0 Å². The highest BCUT2D eigenvalue weighted by Crippen LogP contribution is 2.27. The molecule has 0 radical (unpaired) electrons. The van der Waals surface area contributed by atoms with Crippen LogP contribution in [0.2, 0.25) is 0 Å². The monoisotopic (exact) mass is 308 g/mol. The molecule has 0 amide bonds. The molecule has 0 aliphatic heterocycles. The molecule has 0 aliphatic rings. The van der Waals surface area contributed by atoms with Gasteiger partial charge >= 0.3 is 11.9 Å². The minimum absolute atomic E-state index is 0.138. The van der Waals surface area contributed by atoms with Crippen LogP contribution in [0, 0.1) is 18.3 Å². The second kappa shape index (κ2) is 8.07. The maximum Gasteiger partial charge on any atom is 0.350 e. The quantitative estimate of drug-likeness (QED) is 0.494. The van der Waals surface area contributed by atoms with Crippen molar-refractivity contribution in [2.24, 2.45) is 0 Å². The van der Waals surface area contributed by atoms with Gasteiger partial charge in [0.15, 0.2) is 5.57 Å². The first-order valence-corrected chi connectivity index (χ1v) is 7.16. The molecule has 0 aliphatic carbocycles. The lowest BCUT2D eigenvalue weighted by Gasteiger charge is -2.00. The number of carbonyl (C=O) groups is 2. The molecule has 21 heavy (non-hydrogen) atoms. The fourth-order valence-corrected chi connectivity index (χ4v) is 2.38. The summed E-state index contributed by atoms with van der Waals surface area (Å²) < 4.78 is 9.68. The van der Waals surface area contributed by atoms with E-state index in [0.717, 1.165) is 5.56 Å². The average molecular weight is 308 g/mol. The van der Waals surface area contributed by atoms with E-state index in [2.05, 4.69) is 5.32 Å². The molecule has 1 rings (SSSR count). The molecule has 1 N–H and O–H groups in total.